The number of allylic oxidation sites excluding steroid dienone is 2. The van der Waals surface area contributed by atoms with E-state index in [0.717, 1.165) is 25.2 Å². The molecule has 0 aromatic heterocycles. The molecule has 5 atom stereocenters. The first-order valence-electron chi connectivity index (χ1n) is 5.24. The molecular formula is C11H15ClO. The molecule has 72 valence electrons. The first-order valence-corrected chi connectivity index (χ1v) is 5.67. The summed E-state index contributed by atoms with van der Waals surface area (Å²) >= 11 is 6.31. The fourth-order valence-corrected chi connectivity index (χ4v) is 4.51. The topological polar surface area (TPSA) is 20.2 Å². The van der Waals surface area contributed by atoms with Gasteiger partial charge in [0.15, 0.2) is 0 Å². The fourth-order valence-electron chi connectivity index (χ4n) is 3.89. The van der Waals surface area contributed by atoms with Gasteiger partial charge < -0.3 is 5.11 Å². The number of hydrogen-bond donors (Lipinski definition) is 1. The Kier molecular flexibility index (Phi) is 1.61. The van der Waals surface area contributed by atoms with Gasteiger partial charge in [0, 0.05) is 11.3 Å². The Labute approximate surface area is 83.8 Å². The molecule has 1 nitrogen and oxygen atoms in total. The lowest BCUT2D eigenvalue weighted by Gasteiger charge is -2.29. The Morgan fingerprint density at radius 2 is 2.31 bits per heavy atom. The minimum Gasteiger partial charge on any atom is -0.393 e. The Bertz CT molecular complexity index is 263. The van der Waals surface area contributed by atoms with Gasteiger partial charge in [-0.25, -0.2) is 0 Å². The molecule has 0 heterocycles. The first-order chi connectivity index (χ1) is 6.24. The van der Waals surface area contributed by atoms with Gasteiger partial charge in [-0.05, 0) is 37.0 Å². The first kappa shape index (κ1) is 8.31. The average Bonchev–Trinajstić information content (AvgIpc) is 2.65. The standard InChI is InChI=1S/C11H15ClO/c12-8-6-7-2-1-4-11(7)5-3-9(13)10(8)11/h1,4,7-10,13H,2-3,5-6H2/t7-,8?,9?,10+,11+/m1/s1. The van der Waals surface area contributed by atoms with Crippen molar-refractivity contribution in [1.82, 2.24) is 0 Å². The monoisotopic (exact) mass is 198 g/mol. The zero-order valence-corrected chi connectivity index (χ0v) is 8.37. The molecule has 0 aromatic carbocycles. The summed E-state index contributed by atoms with van der Waals surface area (Å²) in [4.78, 5) is 0. The molecule has 1 spiro atoms. The van der Waals surface area contributed by atoms with E-state index < -0.39 is 0 Å². The molecule has 0 aromatic rings. The van der Waals surface area contributed by atoms with Gasteiger partial charge in [0.1, 0.15) is 0 Å². The van der Waals surface area contributed by atoms with Crippen LogP contribution >= 0.6 is 11.6 Å². The SMILES string of the molecule is OC1CC[C@@]23C=CC[C@@H]2CC(Cl)[C@@H]13. The van der Waals surface area contributed by atoms with Crippen LogP contribution in [0.25, 0.3) is 0 Å². The van der Waals surface area contributed by atoms with Crippen molar-refractivity contribution in [2.45, 2.75) is 37.2 Å². The van der Waals surface area contributed by atoms with E-state index >= 15 is 0 Å². The van der Waals surface area contributed by atoms with E-state index in [-0.39, 0.29) is 11.5 Å². The lowest BCUT2D eigenvalue weighted by atomic mass is 9.76. The molecule has 0 amide bonds. The van der Waals surface area contributed by atoms with E-state index in [0.29, 0.717) is 11.3 Å². The van der Waals surface area contributed by atoms with Crippen molar-refractivity contribution in [2.24, 2.45) is 17.3 Å². The maximum Gasteiger partial charge on any atom is 0.0591 e. The van der Waals surface area contributed by atoms with Crippen LogP contribution in [0.5, 0.6) is 0 Å². The number of rotatable bonds is 0. The molecule has 0 bridgehead atoms. The quantitative estimate of drug-likeness (QED) is 0.468. The Hall–Kier alpha value is -0.0100. The summed E-state index contributed by atoms with van der Waals surface area (Å²) in [5.74, 6) is 1.08. The van der Waals surface area contributed by atoms with Gasteiger partial charge in [-0.2, -0.15) is 0 Å². The van der Waals surface area contributed by atoms with Gasteiger partial charge in [-0.1, -0.05) is 12.2 Å². The second-order valence-electron chi connectivity index (χ2n) is 4.83. The van der Waals surface area contributed by atoms with Crippen LogP contribution in [0.3, 0.4) is 0 Å². The number of alkyl halides is 1. The van der Waals surface area contributed by atoms with Gasteiger partial charge >= 0.3 is 0 Å². The largest absolute Gasteiger partial charge is 0.393 e. The average molecular weight is 199 g/mol. The van der Waals surface area contributed by atoms with E-state index in [2.05, 4.69) is 12.2 Å². The van der Waals surface area contributed by atoms with Crippen molar-refractivity contribution < 1.29 is 5.11 Å². The summed E-state index contributed by atoms with van der Waals surface area (Å²) < 4.78 is 0. The summed E-state index contributed by atoms with van der Waals surface area (Å²) in [6.07, 6.45) is 8.90. The molecule has 0 saturated heterocycles. The summed E-state index contributed by atoms with van der Waals surface area (Å²) in [7, 11) is 0. The van der Waals surface area contributed by atoms with Gasteiger partial charge in [0.25, 0.3) is 0 Å². The van der Waals surface area contributed by atoms with E-state index in [1.54, 1.807) is 0 Å². The lowest BCUT2D eigenvalue weighted by Crippen LogP contribution is -2.29. The molecule has 0 radical (unpaired) electrons. The molecule has 1 N–H and O–H groups in total. The molecule has 2 fully saturated rings. The van der Waals surface area contributed by atoms with Crippen LogP contribution in [0, 0.1) is 17.3 Å². The van der Waals surface area contributed by atoms with E-state index in [1.807, 2.05) is 0 Å². The smallest absolute Gasteiger partial charge is 0.0591 e. The molecule has 0 aliphatic heterocycles. The van der Waals surface area contributed by atoms with Crippen LogP contribution < -0.4 is 0 Å². The number of aliphatic hydroxyl groups excluding tert-OH is 1. The highest BCUT2D eigenvalue weighted by molar-refractivity contribution is 6.21. The zero-order valence-electron chi connectivity index (χ0n) is 7.62. The second-order valence-corrected chi connectivity index (χ2v) is 5.39. The van der Waals surface area contributed by atoms with Gasteiger partial charge in [0.05, 0.1) is 6.10 Å². The van der Waals surface area contributed by atoms with E-state index in [1.165, 1.54) is 6.42 Å². The van der Waals surface area contributed by atoms with Crippen LogP contribution in [0.1, 0.15) is 25.7 Å². The molecule has 3 rings (SSSR count). The lowest BCUT2D eigenvalue weighted by molar-refractivity contribution is 0.108. The second kappa shape index (κ2) is 2.52. The van der Waals surface area contributed by atoms with Crippen molar-refractivity contribution >= 4 is 11.6 Å². The van der Waals surface area contributed by atoms with Crippen LogP contribution in [0.4, 0.5) is 0 Å². The Balaban J connectivity index is 2.03. The number of hydrogen-bond acceptors (Lipinski definition) is 1. The molecule has 2 heteroatoms. The normalized spacial score (nSPS) is 58.3. The van der Waals surface area contributed by atoms with Crippen molar-refractivity contribution in [3.8, 4) is 0 Å². The molecular weight excluding hydrogens is 184 g/mol. The van der Waals surface area contributed by atoms with Crippen molar-refractivity contribution in [1.29, 1.82) is 0 Å². The molecule has 3 aliphatic rings. The minimum atomic E-state index is -0.143. The van der Waals surface area contributed by atoms with Crippen LogP contribution in [-0.2, 0) is 0 Å². The predicted molar refractivity (Wildman–Crippen MR) is 52.7 cm³/mol. The third kappa shape index (κ3) is 0.875. The third-order valence-electron chi connectivity index (χ3n) is 4.42. The zero-order chi connectivity index (χ0) is 9.05. The Morgan fingerprint density at radius 1 is 1.46 bits per heavy atom. The highest BCUT2D eigenvalue weighted by Gasteiger charge is 2.59. The summed E-state index contributed by atoms with van der Waals surface area (Å²) in [6.45, 7) is 0. The van der Waals surface area contributed by atoms with E-state index in [9.17, 15) is 5.11 Å². The Morgan fingerprint density at radius 3 is 3.15 bits per heavy atom. The van der Waals surface area contributed by atoms with Crippen LogP contribution in [-0.4, -0.2) is 16.6 Å². The minimum absolute atomic E-state index is 0.143. The van der Waals surface area contributed by atoms with Crippen LogP contribution in [0.2, 0.25) is 0 Å². The third-order valence-corrected chi connectivity index (χ3v) is 4.87. The number of halogens is 1. The summed E-state index contributed by atoms with van der Waals surface area (Å²) in [5.41, 5.74) is 0.297. The maximum atomic E-state index is 9.89. The highest BCUT2D eigenvalue weighted by Crippen LogP contribution is 2.63. The van der Waals surface area contributed by atoms with Gasteiger partial charge in [-0.3, -0.25) is 0 Å². The van der Waals surface area contributed by atoms with Gasteiger partial charge in [0.2, 0.25) is 0 Å². The number of aliphatic hydroxyl groups is 1. The summed E-state index contributed by atoms with van der Waals surface area (Å²) in [6, 6.07) is 0. The van der Waals surface area contributed by atoms with Crippen molar-refractivity contribution in [3.63, 3.8) is 0 Å². The molecule has 2 saturated carbocycles. The maximum absolute atomic E-state index is 9.89. The summed E-state index contributed by atoms with van der Waals surface area (Å²) in [5, 5.41) is 10.1. The predicted octanol–water partition coefficient (Wildman–Crippen LogP) is 2.33. The fraction of sp³-hybridized carbons (Fsp3) is 0.818. The van der Waals surface area contributed by atoms with Crippen molar-refractivity contribution in [2.75, 3.05) is 0 Å². The molecule has 3 aliphatic carbocycles. The van der Waals surface area contributed by atoms with E-state index in [4.69, 9.17) is 11.6 Å². The van der Waals surface area contributed by atoms with Crippen LogP contribution in [0.15, 0.2) is 12.2 Å². The van der Waals surface area contributed by atoms with Crippen molar-refractivity contribution in [3.05, 3.63) is 12.2 Å². The highest BCUT2D eigenvalue weighted by atomic mass is 35.5. The molecule has 13 heavy (non-hydrogen) atoms. The molecule has 2 unspecified atom stereocenters. The van der Waals surface area contributed by atoms with Gasteiger partial charge in [-0.15, -0.1) is 11.6 Å².